The molecule has 2 heteroatoms. The van der Waals surface area contributed by atoms with Crippen LogP contribution in [0.15, 0.2) is 30.3 Å². The number of hydrogen-bond acceptors (Lipinski definition) is 2. The molecule has 2 rings (SSSR count). The summed E-state index contributed by atoms with van der Waals surface area (Å²) in [6.07, 6.45) is 5.22. The molecule has 0 bridgehead atoms. The van der Waals surface area contributed by atoms with E-state index in [0.717, 1.165) is 18.0 Å². The SMILES string of the molecule is CC1CCC(N(C)CC(C)C(=O)c2ccccc2)CC1. The van der Waals surface area contributed by atoms with Crippen molar-refractivity contribution < 1.29 is 4.79 Å². The molecule has 0 heterocycles. The molecule has 110 valence electrons. The zero-order valence-corrected chi connectivity index (χ0v) is 13.0. The van der Waals surface area contributed by atoms with Gasteiger partial charge in [0.05, 0.1) is 0 Å². The van der Waals surface area contributed by atoms with Crippen LogP contribution < -0.4 is 0 Å². The Kier molecular flexibility index (Phi) is 5.36. The smallest absolute Gasteiger partial charge is 0.166 e. The van der Waals surface area contributed by atoms with Gasteiger partial charge in [0.25, 0.3) is 0 Å². The fourth-order valence-corrected chi connectivity index (χ4v) is 3.23. The summed E-state index contributed by atoms with van der Waals surface area (Å²) in [6.45, 7) is 5.27. The Balaban J connectivity index is 1.87. The fourth-order valence-electron chi connectivity index (χ4n) is 3.23. The first kappa shape index (κ1) is 15.2. The average Bonchev–Trinajstić information content (AvgIpc) is 2.48. The van der Waals surface area contributed by atoms with Crippen molar-refractivity contribution in [1.29, 1.82) is 0 Å². The molecular weight excluding hydrogens is 246 g/mol. The van der Waals surface area contributed by atoms with Gasteiger partial charge in [0.15, 0.2) is 5.78 Å². The molecule has 1 unspecified atom stereocenters. The molecule has 1 aromatic carbocycles. The van der Waals surface area contributed by atoms with Gasteiger partial charge in [-0.25, -0.2) is 0 Å². The number of carbonyl (C=O) groups is 1. The zero-order chi connectivity index (χ0) is 14.5. The number of Topliss-reactive ketones (excluding diaryl/α,β-unsaturated/α-hetero) is 1. The summed E-state index contributed by atoms with van der Waals surface area (Å²) in [4.78, 5) is 14.8. The van der Waals surface area contributed by atoms with Crippen LogP contribution in [0.5, 0.6) is 0 Å². The van der Waals surface area contributed by atoms with Crippen molar-refractivity contribution in [2.24, 2.45) is 11.8 Å². The molecule has 1 fully saturated rings. The first-order valence-electron chi connectivity index (χ1n) is 7.87. The van der Waals surface area contributed by atoms with E-state index in [4.69, 9.17) is 0 Å². The largest absolute Gasteiger partial charge is 0.303 e. The van der Waals surface area contributed by atoms with E-state index in [1.54, 1.807) is 0 Å². The molecule has 1 atom stereocenters. The maximum absolute atomic E-state index is 12.4. The minimum absolute atomic E-state index is 0.0711. The topological polar surface area (TPSA) is 20.3 Å². The van der Waals surface area contributed by atoms with E-state index < -0.39 is 0 Å². The quantitative estimate of drug-likeness (QED) is 0.755. The van der Waals surface area contributed by atoms with E-state index in [2.05, 4.69) is 25.8 Å². The van der Waals surface area contributed by atoms with Crippen molar-refractivity contribution in [3.05, 3.63) is 35.9 Å². The van der Waals surface area contributed by atoms with Gasteiger partial charge in [0, 0.05) is 24.1 Å². The van der Waals surface area contributed by atoms with E-state index in [1.807, 2.05) is 30.3 Å². The zero-order valence-electron chi connectivity index (χ0n) is 13.0. The Morgan fingerprint density at radius 1 is 1.20 bits per heavy atom. The maximum Gasteiger partial charge on any atom is 0.166 e. The highest BCUT2D eigenvalue weighted by molar-refractivity contribution is 5.97. The predicted octanol–water partition coefficient (Wildman–Crippen LogP) is 4.02. The molecule has 0 amide bonds. The van der Waals surface area contributed by atoms with Crippen LogP contribution >= 0.6 is 0 Å². The second-order valence-corrected chi connectivity index (χ2v) is 6.48. The van der Waals surface area contributed by atoms with Crippen LogP contribution in [-0.2, 0) is 0 Å². The predicted molar refractivity (Wildman–Crippen MR) is 84.0 cm³/mol. The van der Waals surface area contributed by atoms with Crippen LogP contribution in [0, 0.1) is 11.8 Å². The number of hydrogen-bond donors (Lipinski definition) is 0. The van der Waals surface area contributed by atoms with Crippen molar-refractivity contribution in [3.63, 3.8) is 0 Å². The third-order valence-corrected chi connectivity index (χ3v) is 4.68. The summed E-state index contributed by atoms with van der Waals surface area (Å²) in [5.41, 5.74) is 0.839. The van der Waals surface area contributed by atoms with E-state index in [9.17, 15) is 4.79 Å². The summed E-state index contributed by atoms with van der Waals surface area (Å²) in [5, 5.41) is 0. The highest BCUT2D eigenvalue weighted by Gasteiger charge is 2.24. The first-order chi connectivity index (χ1) is 9.58. The average molecular weight is 273 g/mol. The van der Waals surface area contributed by atoms with Crippen LogP contribution in [0.1, 0.15) is 49.9 Å². The lowest BCUT2D eigenvalue weighted by atomic mass is 9.86. The van der Waals surface area contributed by atoms with Crippen molar-refractivity contribution in [2.45, 2.75) is 45.6 Å². The number of nitrogens with zero attached hydrogens (tertiary/aromatic N) is 1. The molecule has 0 aromatic heterocycles. The minimum atomic E-state index is 0.0711. The number of rotatable bonds is 5. The third-order valence-electron chi connectivity index (χ3n) is 4.68. The molecule has 1 aliphatic rings. The fraction of sp³-hybridized carbons (Fsp3) is 0.611. The van der Waals surface area contributed by atoms with E-state index in [1.165, 1.54) is 25.7 Å². The number of benzene rings is 1. The van der Waals surface area contributed by atoms with E-state index >= 15 is 0 Å². The van der Waals surface area contributed by atoms with Crippen LogP contribution in [0.4, 0.5) is 0 Å². The second kappa shape index (κ2) is 7.03. The Morgan fingerprint density at radius 3 is 2.40 bits per heavy atom. The van der Waals surface area contributed by atoms with Crippen molar-refractivity contribution in [3.8, 4) is 0 Å². The number of carbonyl (C=O) groups excluding carboxylic acids is 1. The summed E-state index contributed by atoms with van der Waals surface area (Å²) in [6, 6.07) is 10.3. The van der Waals surface area contributed by atoms with Crippen molar-refractivity contribution in [2.75, 3.05) is 13.6 Å². The molecule has 0 spiro atoms. The molecule has 2 nitrogen and oxygen atoms in total. The monoisotopic (exact) mass is 273 g/mol. The normalized spacial score (nSPS) is 24.6. The van der Waals surface area contributed by atoms with Crippen LogP contribution in [-0.4, -0.2) is 30.3 Å². The molecular formula is C18H27NO. The van der Waals surface area contributed by atoms with Crippen LogP contribution in [0.2, 0.25) is 0 Å². The molecule has 20 heavy (non-hydrogen) atoms. The second-order valence-electron chi connectivity index (χ2n) is 6.48. The van der Waals surface area contributed by atoms with Gasteiger partial charge in [0.2, 0.25) is 0 Å². The lowest BCUT2D eigenvalue weighted by Gasteiger charge is -2.34. The van der Waals surface area contributed by atoms with Crippen LogP contribution in [0.25, 0.3) is 0 Å². The van der Waals surface area contributed by atoms with Gasteiger partial charge in [-0.05, 0) is 38.6 Å². The van der Waals surface area contributed by atoms with Crippen LogP contribution in [0.3, 0.4) is 0 Å². The van der Waals surface area contributed by atoms with Gasteiger partial charge in [-0.1, -0.05) is 44.2 Å². The Labute approximate surface area is 123 Å². The number of ketones is 1. The van der Waals surface area contributed by atoms with E-state index in [-0.39, 0.29) is 11.7 Å². The summed E-state index contributed by atoms with van der Waals surface area (Å²) in [7, 11) is 2.18. The van der Waals surface area contributed by atoms with Crippen molar-refractivity contribution in [1.82, 2.24) is 4.90 Å². The molecule has 1 aliphatic carbocycles. The van der Waals surface area contributed by atoms with Gasteiger partial charge < -0.3 is 4.90 Å². The van der Waals surface area contributed by atoms with Gasteiger partial charge >= 0.3 is 0 Å². The van der Waals surface area contributed by atoms with E-state index in [0.29, 0.717) is 6.04 Å². The van der Waals surface area contributed by atoms with Gasteiger partial charge in [0.1, 0.15) is 0 Å². The van der Waals surface area contributed by atoms with Gasteiger partial charge in [-0.2, -0.15) is 0 Å². The molecule has 0 N–H and O–H groups in total. The Hall–Kier alpha value is -1.15. The molecule has 0 radical (unpaired) electrons. The molecule has 0 aliphatic heterocycles. The first-order valence-corrected chi connectivity index (χ1v) is 7.87. The molecule has 1 aromatic rings. The molecule has 0 saturated heterocycles. The van der Waals surface area contributed by atoms with Gasteiger partial charge in [-0.3, -0.25) is 4.79 Å². The highest BCUT2D eigenvalue weighted by Crippen LogP contribution is 2.27. The molecule has 1 saturated carbocycles. The minimum Gasteiger partial charge on any atom is -0.303 e. The summed E-state index contributed by atoms with van der Waals surface area (Å²) < 4.78 is 0. The maximum atomic E-state index is 12.4. The Morgan fingerprint density at radius 2 is 1.80 bits per heavy atom. The highest BCUT2D eigenvalue weighted by atomic mass is 16.1. The summed E-state index contributed by atoms with van der Waals surface area (Å²) >= 11 is 0. The van der Waals surface area contributed by atoms with Crippen molar-refractivity contribution >= 4 is 5.78 Å². The Bertz CT molecular complexity index is 420. The van der Waals surface area contributed by atoms with Gasteiger partial charge in [-0.15, -0.1) is 0 Å². The lowest BCUT2D eigenvalue weighted by Crippen LogP contribution is -2.39. The lowest BCUT2D eigenvalue weighted by molar-refractivity contribution is 0.0864. The standard InChI is InChI=1S/C18H27NO/c1-14-9-11-17(12-10-14)19(3)13-15(2)18(20)16-7-5-4-6-8-16/h4-8,14-15,17H,9-13H2,1-3H3. The third kappa shape index (κ3) is 3.92. The summed E-state index contributed by atoms with van der Waals surface area (Å²) in [5.74, 6) is 1.21.